The molecule has 142 valence electrons. The van der Waals surface area contributed by atoms with Crippen LogP contribution in [0.15, 0.2) is 46.2 Å². The van der Waals surface area contributed by atoms with Crippen LogP contribution >= 0.6 is 11.3 Å². The molecule has 0 spiro atoms. The number of aromatic nitrogens is 1. The lowest BCUT2D eigenvalue weighted by Crippen LogP contribution is -2.27. The molecular weight excluding hydrogens is 377 g/mol. The van der Waals surface area contributed by atoms with Gasteiger partial charge in [-0.25, -0.2) is 4.98 Å². The first-order chi connectivity index (χ1) is 12.8. The van der Waals surface area contributed by atoms with Crippen LogP contribution in [0.3, 0.4) is 0 Å². The van der Waals surface area contributed by atoms with Crippen molar-refractivity contribution in [1.29, 1.82) is 0 Å². The Morgan fingerprint density at radius 1 is 1.22 bits per heavy atom. The van der Waals surface area contributed by atoms with E-state index in [2.05, 4.69) is 10.3 Å². The van der Waals surface area contributed by atoms with Crippen LogP contribution in [0.2, 0.25) is 0 Å². The number of rotatable bonds is 6. The van der Waals surface area contributed by atoms with Crippen molar-refractivity contribution in [2.75, 3.05) is 6.54 Å². The number of amides is 1. The van der Waals surface area contributed by atoms with Gasteiger partial charge in [-0.15, -0.1) is 11.3 Å². The second-order valence-corrected chi connectivity index (χ2v) is 6.92. The van der Waals surface area contributed by atoms with Crippen molar-refractivity contribution in [1.82, 2.24) is 10.3 Å². The lowest BCUT2D eigenvalue weighted by atomic mass is 10.1. The number of hydrogen-bond acceptors (Lipinski definition) is 4. The maximum atomic E-state index is 12.5. The van der Waals surface area contributed by atoms with Crippen molar-refractivity contribution in [3.63, 3.8) is 0 Å². The summed E-state index contributed by atoms with van der Waals surface area (Å²) in [5, 5.41) is 4.67. The summed E-state index contributed by atoms with van der Waals surface area (Å²) in [5.74, 6) is 0.877. The van der Waals surface area contributed by atoms with Gasteiger partial charge in [0.2, 0.25) is 11.8 Å². The minimum absolute atomic E-state index is 0.0910. The third-order valence-corrected chi connectivity index (χ3v) is 4.83. The number of benzene rings is 1. The molecule has 2 aromatic heterocycles. The predicted octanol–water partition coefficient (Wildman–Crippen LogP) is 4.63. The van der Waals surface area contributed by atoms with Crippen molar-refractivity contribution in [3.05, 3.63) is 64.4 Å². The van der Waals surface area contributed by atoms with Crippen molar-refractivity contribution in [3.8, 4) is 10.8 Å². The summed E-state index contributed by atoms with van der Waals surface area (Å²) in [5.41, 5.74) is 0.615. The van der Waals surface area contributed by atoms with Crippen molar-refractivity contribution < 1.29 is 22.4 Å². The molecule has 1 aromatic carbocycles. The van der Waals surface area contributed by atoms with Crippen LogP contribution < -0.4 is 5.32 Å². The highest BCUT2D eigenvalue weighted by Gasteiger charge is 2.29. The molecule has 2 heterocycles. The highest BCUT2D eigenvalue weighted by molar-refractivity contribution is 7.13. The first-order valence-electron chi connectivity index (χ1n) is 8.26. The van der Waals surface area contributed by atoms with Gasteiger partial charge in [-0.3, -0.25) is 4.79 Å². The van der Waals surface area contributed by atoms with Crippen molar-refractivity contribution in [2.45, 2.75) is 25.9 Å². The second-order valence-electron chi connectivity index (χ2n) is 5.97. The Morgan fingerprint density at radius 3 is 2.59 bits per heavy atom. The average Bonchev–Trinajstić information content (AvgIpc) is 3.25. The number of thiophene rings is 1. The quantitative estimate of drug-likeness (QED) is 0.663. The van der Waals surface area contributed by atoms with Gasteiger partial charge in [0.25, 0.3) is 0 Å². The molecule has 0 atom stereocenters. The van der Waals surface area contributed by atoms with E-state index in [0.29, 0.717) is 30.3 Å². The van der Waals surface area contributed by atoms with E-state index in [1.165, 1.54) is 23.5 Å². The number of alkyl halides is 3. The molecule has 4 nitrogen and oxygen atoms in total. The zero-order valence-corrected chi connectivity index (χ0v) is 15.3. The molecular formula is C19H17F3N2O2S. The van der Waals surface area contributed by atoms with Crippen LogP contribution in [-0.2, 0) is 23.8 Å². The molecule has 0 unspecified atom stereocenters. The lowest BCUT2D eigenvalue weighted by molar-refractivity contribution is -0.137. The molecule has 0 bridgehead atoms. The molecule has 0 radical (unpaired) electrons. The van der Waals surface area contributed by atoms with Crippen molar-refractivity contribution in [2.24, 2.45) is 0 Å². The fourth-order valence-corrected chi connectivity index (χ4v) is 3.17. The Morgan fingerprint density at radius 2 is 1.96 bits per heavy atom. The zero-order valence-electron chi connectivity index (χ0n) is 14.5. The summed E-state index contributed by atoms with van der Waals surface area (Å²) in [6.07, 6.45) is -3.81. The average molecular weight is 394 g/mol. The first kappa shape index (κ1) is 19.2. The topological polar surface area (TPSA) is 55.1 Å². The van der Waals surface area contributed by atoms with E-state index < -0.39 is 11.7 Å². The summed E-state index contributed by atoms with van der Waals surface area (Å²) in [7, 11) is 0. The van der Waals surface area contributed by atoms with Gasteiger partial charge in [0.15, 0.2) is 0 Å². The van der Waals surface area contributed by atoms with Gasteiger partial charge in [0.1, 0.15) is 5.76 Å². The molecule has 0 aliphatic rings. The molecule has 0 aliphatic heterocycles. The van der Waals surface area contributed by atoms with Gasteiger partial charge in [0, 0.05) is 6.54 Å². The Bertz CT molecular complexity index is 900. The number of hydrogen-bond donors (Lipinski definition) is 1. The molecule has 0 saturated heterocycles. The maximum absolute atomic E-state index is 12.5. The van der Waals surface area contributed by atoms with Gasteiger partial charge in [-0.2, -0.15) is 13.2 Å². The van der Waals surface area contributed by atoms with E-state index in [1.54, 1.807) is 6.92 Å². The minimum Gasteiger partial charge on any atom is -0.440 e. The number of aryl methyl sites for hydroxylation is 1. The third-order valence-electron chi connectivity index (χ3n) is 3.97. The molecule has 27 heavy (non-hydrogen) atoms. The minimum atomic E-state index is -4.34. The number of nitrogens with zero attached hydrogens (tertiary/aromatic N) is 1. The third kappa shape index (κ3) is 4.97. The van der Waals surface area contributed by atoms with Gasteiger partial charge in [0.05, 0.1) is 22.6 Å². The predicted molar refractivity (Wildman–Crippen MR) is 96.4 cm³/mol. The van der Waals surface area contributed by atoms with Crippen LogP contribution in [0.1, 0.15) is 22.6 Å². The second kappa shape index (κ2) is 7.96. The molecule has 0 fully saturated rings. The Kier molecular flexibility index (Phi) is 5.65. The van der Waals surface area contributed by atoms with Crippen molar-refractivity contribution >= 4 is 17.2 Å². The van der Waals surface area contributed by atoms with Crippen LogP contribution in [-0.4, -0.2) is 17.4 Å². The van der Waals surface area contributed by atoms with Gasteiger partial charge in [-0.1, -0.05) is 18.2 Å². The summed E-state index contributed by atoms with van der Waals surface area (Å²) in [4.78, 5) is 17.4. The highest BCUT2D eigenvalue weighted by atomic mass is 32.1. The lowest BCUT2D eigenvalue weighted by Gasteiger charge is -2.08. The smallest absolute Gasteiger partial charge is 0.416 e. The van der Waals surface area contributed by atoms with E-state index in [1.807, 2.05) is 17.5 Å². The number of nitrogens with one attached hydrogen (secondary N) is 1. The van der Waals surface area contributed by atoms with Crippen LogP contribution in [0.5, 0.6) is 0 Å². The number of carbonyl (C=O) groups is 1. The van der Waals surface area contributed by atoms with Crippen LogP contribution in [0, 0.1) is 6.92 Å². The number of oxazole rings is 1. The van der Waals surface area contributed by atoms with E-state index in [-0.39, 0.29) is 12.3 Å². The molecule has 3 aromatic rings. The van der Waals surface area contributed by atoms with E-state index in [9.17, 15) is 18.0 Å². The van der Waals surface area contributed by atoms with E-state index >= 15 is 0 Å². The molecule has 8 heteroatoms. The maximum Gasteiger partial charge on any atom is 0.416 e. The summed E-state index contributed by atoms with van der Waals surface area (Å²) in [6.45, 7) is 2.09. The summed E-state index contributed by atoms with van der Waals surface area (Å²) >= 11 is 1.50. The van der Waals surface area contributed by atoms with Gasteiger partial charge < -0.3 is 9.73 Å². The van der Waals surface area contributed by atoms with E-state index in [0.717, 1.165) is 22.6 Å². The van der Waals surface area contributed by atoms with E-state index in [4.69, 9.17) is 4.42 Å². The Labute approximate surface area is 158 Å². The first-order valence-corrected chi connectivity index (χ1v) is 9.14. The van der Waals surface area contributed by atoms with Crippen LogP contribution in [0.4, 0.5) is 13.2 Å². The fourth-order valence-electron chi connectivity index (χ4n) is 2.52. The molecule has 3 rings (SSSR count). The monoisotopic (exact) mass is 394 g/mol. The normalized spacial score (nSPS) is 11.6. The van der Waals surface area contributed by atoms with Gasteiger partial charge >= 0.3 is 6.18 Å². The zero-order chi connectivity index (χ0) is 19.4. The number of halogens is 3. The molecule has 1 N–H and O–H groups in total. The number of carbonyl (C=O) groups excluding carboxylic acids is 1. The van der Waals surface area contributed by atoms with Gasteiger partial charge in [-0.05, 0) is 42.5 Å². The fraction of sp³-hybridized carbons (Fsp3) is 0.263. The molecule has 0 saturated carbocycles. The summed E-state index contributed by atoms with van der Waals surface area (Å²) < 4.78 is 43.2. The SMILES string of the molecule is Cc1oc(-c2cccs2)nc1CC(=O)NCCc1ccc(C(F)(F)F)cc1. The highest BCUT2D eigenvalue weighted by Crippen LogP contribution is 2.29. The Hall–Kier alpha value is -2.61. The van der Waals surface area contributed by atoms with Crippen LogP contribution in [0.25, 0.3) is 10.8 Å². The summed E-state index contributed by atoms with van der Waals surface area (Å²) in [6, 6.07) is 8.72. The molecule has 1 amide bonds. The largest absolute Gasteiger partial charge is 0.440 e. The standard InChI is InChI=1S/C19H17F3N2O2S/c1-12-15(24-18(26-12)16-3-2-10-27-16)11-17(25)23-9-8-13-4-6-14(7-5-13)19(20,21)22/h2-7,10H,8-9,11H2,1H3,(H,23,25). The Balaban J connectivity index is 1.50. The molecule has 0 aliphatic carbocycles.